The van der Waals surface area contributed by atoms with Crippen LogP contribution in [0.4, 0.5) is 0 Å². The molecule has 2 rings (SSSR count). The minimum absolute atomic E-state index is 0.805. The Morgan fingerprint density at radius 2 is 2.08 bits per heavy atom. The van der Waals surface area contributed by atoms with E-state index in [2.05, 4.69) is 18.7 Å². The predicted molar refractivity (Wildman–Crippen MR) is 53.7 cm³/mol. The highest BCUT2D eigenvalue weighted by Gasteiger charge is 2.33. The van der Waals surface area contributed by atoms with Gasteiger partial charge in [-0.15, -0.1) is 0 Å². The number of hydrogen-bond donors (Lipinski definition) is 0. The molecule has 0 radical (unpaired) electrons. The van der Waals surface area contributed by atoms with Gasteiger partial charge in [0.15, 0.2) is 0 Å². The summed E-state index contributed by atoms with van der Waals surface area (Å²) in [5.74, 6) is 2.52. The molecule has 0 aromatic heterocycles. The third kappa shape index (κ3) is 2.23. The van der Waals surface area contributed by atoms with Crippen molar-refractivity contribution >= 4 is 0 Å². The summed E-state index contributed by atoms with van der Waals surface area (Å²) in [5.41, 5.74) is 0. The Morgan fingerprint density at radius 1 is 1.31 bits per heavy atom. The van der Waals surface area contributed by atoms with Crippen LogP contribution < -0.4 is 0 Å². The minimum atomic E-state index is 0.805. The van der Waals surface area contributed by atoms with E-state index in [9.17, 15) is 0 Å². The normalized spacial score (nSPS) is 35.3. The topological polar surface area (TPSA) is 12.5 Å². The lowest BCUT2D eigenvalue weighted by atomic mass is 9.88. The van der Waals surface area contributed by atoms with Crippen LogP contribution >= 0.6 is 0 Å². The summed E-state index contributed by atoms with van der Waals surface area (Å²) in [6.45, 7) is 10.5. The molecule has 2 atom stereocenters. The highest BCUT2D eigenvalue weighted by atomic mass is 16.5. The van der Waals surface area contributed by atoms with E-state index in [0.717, 1.165) is 31.0 Å². The Labute approximate surface area is 81.3 Å². The van der Waals surface area contributed by atoms with Crippen molar-refractivity contribution in [2.24, 2.45) is 17.8 Å². The van der Waals surface area contributed by atoms with E-state index in [0.29, 0.717) is 0 Å². The lowest BCUT2D eigenvalue weighted by Crippen LogP contribution is -2.41. The van der Waals surface area contributed by atoms with Crippen LogP contribution in [0.3, 0.4) is 0 Å². The first-order valence-corrected chi connectivity index (χ1v) is 5.56. The van der Waals surface area contributed by atoms with Crippen molar-refractivity contribution in [3.05, 3.63) is 0 Å². The van der Waals surface area contributed by atoms with Crippen molar-refractivity contribution in [1.29, 1.82) is 0 Å². The van der Waals surface area contributed by atoms with Gasteiger partial charge < -0.3 is 9.64 Å². The van der Waals surface area contributed by atoms with Gasteiger partial charge in [0.2, 0.25) is 0 Å². The lowest BCUT2D eigenvalue weighted by molar-refractivity contribution is 0.134. The fourth-order valence-corrected chi connectivity index (χ4v) is 2.62. The molecule has 0 aromatic carbocycles. The maximum absolute atomic E-state index is 5.52. The molecule has 2 nitrogen and oxygen atoms in total. The zero-order valence-corrected chi connectivity index (χ0v) is 8.83. The molecule has 13 heavy (non-hydrogen) atoms. The predicted octanol–water partition coefficient (Wildman–Crippen LogP) is 1.61. The van der Waals surface area contributed by atoms with Gasteiger partial charge in [-0.3, -0.25) is 0 Å². The second-order valence-electron chi connectivity index (χ2n) is 5.00. The van der Waals surface area contributed by atoms with E-state index in [1.165, 1.54) is 26.1 Å². The number of fused-ring (bicyclic) bond motifs is 1. The second-order valence-corrected chi connectivity index (χ2v) is 5.00. The van der Waals surface area contributed by atoms with Gasteiger partial charge in [0.25, 0.3) is 0 Å². The molecule has 2 saturated heterocycles. The molecular formula is C11H21NO. The number of likely N-dealkylation sites (tertiary alicyclic amines) is 1. The Kier molecular flexibility index (Phi) is 2.89. The first-order chi connectivity index (χ1) is 6.25. The zero-order chi connectivity index (χ0) is 9.26. The maximum atomic E-state index is 5.52. The van der Waals surface area contributed by atoms with Gasteiger partial charge in [-0.25, -0.2) is 0 Å². The summed E-state index contributed by atoms with van der Waals surface area (Å²) in [7, 11) is 0. The number of rotatable bonds is 2. The third-order valence-corrected chi connectivity index (χ3v) is 3.26. The number of hydrogen-bond acceptors (Lipinski definition) is 2. The monoisotopic (exact) mass is 183 g/mol. The molecule has 0 spiro atoms. The van der Waals surface area contributed by atoms with Gasteiger partial charge in [-0.1, -0.05) is 13.8 Å². The van der Waals surface area contributed by atoms with Gasteiger partial charge in [-0.2, -0.15) is 0 Å². The molecule has 0 N–H and O–H groups in total. The number of nitrogens with zero attached hydrogens (tertiary/aromatic N) is 1. The molecule has 0 aliphatic carbocycles. The van der Waals surface area contributed by atoms with Crippen molar-refractivity contribution in [2.45, 2.75) is 20.3 Å². The Balaban J connectivity index is 1.83. The van der Waals surface area contributed by atoms with Crippen LogP contribution in [0.25, 0.3) is 0 Å². The van der Waals surface area contributed by atoms with Gasteiger partial charge in [0, 0.05) is 25.6 Å². The molecule has 0 bridgehead atoms. The Morgan fingerprint density at radius 3 is 2.85 bits per heavy atom. The molecule has 2 heteroatoms. The molecule has 0 saturated carbocycles. The molecule has 2 unspecified atom stereocenters. The Bertz CT molecular complexity index is 169. The summed E-state index contributed by atoms with van der Waals surface area (Å²) in [6, 6.07) is 0. The van der Waals surface area contributed by atoms with Crippen molar-refractivity contribution < 1.29 is 4.74 Å². The number of ether oxygens (including phenoxy) is 1. The molecule has 76 valence electrons. The first kappa shape index (κ1) is 9.47. The molecule has 2 aliphatic heterocycles. The Hall–Kier alpha value is -0.0800. The van der Waals surface area contributed by atoms with Crippen LogP contribution in [0.1, 0.15) is 20.3 Å². The van der Waals surface area contributed by atoms with Gasteiger partial charge in [-0.05, 0) is 24.8 Å². The highest BCUT2D eigenvalue weighted by Crippen LogP contribution is 2.29. The van der Waals surface area contributed by atoms with Gasteiger partial charge in [0.1, 0.15) is 0 Å². The van der Waals surface area contributed by atoms with Crippen molar-refractivity contribution in [1.82, 2.24) is 4.90 Å². The van der Waals surface area contributed by atoms with Crippen LogP contribution in [0, 0.1) is 17.8 Å². The van der Waals surface area contributed by atoms with Crippen LogP contribution in [0.2, 0.25) is 0 Å². The third-order valence-electron chi connectivity index (χ3n) is 3.26. The first-order valence-electron chi connectivity index (χ1n) is 5.56. The average Bonchev–Trinajstić information content (AvgIpc) is 2.49. The average molecular weight is 183 g/mol. The van der Waals surface area contributed by atoms with E-state index >= 15 is 0 Å². The summed E-state index contributed by atoms with van der Waals surface area (Å²) in [4.78, 5) is 2.61. The molecule has 0 amide bonds. The second kappa shape index (κ2) is 3.97. The number of piperidine rings is 1. The van der Waals surface area contributed by atoms with Crippen LogP contribution in [0.15, 0.2) is 0 Å². The van der Waals surface area contributed by atoms with Gasteiger partial charge in [0.05, 0.1) is 6.61 Å². The van der Waals surface area contributed by atoms with Crippen molar-refractivity contribution in [3.8, 4) is 0 Å². The smallest absolute Gasteiger partial charge is 0.0510 e. The maximum Gasteiger partial charge on any atom is 0.0510 e. The molecular weight excluding hydrogens is 162 g/mol. The van der Waals surface area contributed by atoms with E-state index in [-0.39, 0.29) is 0 Å². The zero-order valence-electron chi connectivity index (χ0n) is 8.83. The standard InChI is InChI=1S/C11H21NO/c1-9(2)5-12-4-3-10-7-13-8-11(10)6-12/h9-11H,3-8H2,1-2H3. The van der Waals surface area contributed by atoms with E-state index in [1.807, 2.05) is 0 Å². The SMILES string of the molecule is CC(C)CN1CCC2COCC2C1. The quantitative estimate of drug-likeness (QED) is 0.645. The molecule has 2 heterocycles. The highest BCUT2D eigenvalue weighted by molar-refractivity contribution is 4.83. The summed E-state index contributed by atoms with van der Waals surface area (Å²) >= 11 is 0. The van der Waals surface area contributed by atoms with Crippen LogP contribution in [-0.4, -0.2) is 37.7 Å². The van der Waals surface area contributed by atoms with E-state index in [4.69, 9.17) is 4.74 Å². The lowest BCUT2D eigenvalue weighted by Gasteiger charge is -2.34. The fourth-order valence-electron chi connectivity index (χ4n) is 2.62. The van der Waals surface area contributed by atoms with Crippen molar-refractivity contribution in [2.75, 3.05) is 32.8 Å². The molecule has 2 fully saturated rings. The summed E-state index contributed by atoms with van der Waals surface area (Å²) < 4.78 is 5.52. The van der Waals surface area contributed by atoms with E-state index < -0.39 is 0 Å². The van der Waals surface area contributed by atoms with Crippen LogP contribution in [0.5, 0.6) is 0 Å². The minimum Gasteiger partial charge on any atom is -0.381 e. The van der Waals surface area contributed by atoms with Crippen molar-refractivity contribution in [3.63, 3.8) is 0 Å². The molecule has 0 aromatic rings. The van der Waals surface area contributed by atoms with Gasteiger partial charge >= 0.3 is 0 Å². The van der Waals surface area contributed by atoms with Crippen LogP contribution in [-0.2, 0) is 4.74 Å². The van der Waals surface area contributed by atoms with E-state index in [1.54, 1.807) is 0 Å². The molecule has 2 aliphatic rings. The summed E-state index contributed by atoms with van der Waals surface area (Å²) in [5, 5.41) is 0. The largest absolute Gasteiger partial charge is 0.381 e. The summed E-state index contributed by atoms with van der Waals surface area (Å²) in [6.07, 6.45) is 1.36. The fraction of sp³-hybridized carbons (Fsp3) is 1.00.